The van der Waals surface area contributed by atoms with Crippen LogP contribution in [0.1, 0.15) is 12.0 Å². The van der Waals surface area contributed by atoms with Gasteiger partial charge < -0.3 is 10.8 Å². The van der Waals surface area contributed by atoms with Crippen LogP contribution in [0.25, 0.3) is 0 Å². The number of hydrogen-bond donors (Lipinski definition) is 2. The van der Waals surface area contributed by atoms with Crippen molar-refractivity contribution in [2.75, 3.05) is 6.61 Å². The molecule has 0 saturated heterocycles. The second kappa shape index (κ2) is 4.91. The number of aliphatic hydroxyl groups excluding tert-OH is 1. The summed E-state index contributed by atoms with van der Waals surface area (Å²) in [6.07, 6.45) is 1.79. The Morgan fingerprint density at radius 3 is 2.50 bits per heavy atom. The van der Waals surface area contributed by atoms with Crippen molar-refractivity contribution in [3.63, 3.8) is 0 Å². The van der Waals surface area contributed by atoms with Gasteiger partial charge in [-0.15, -0.1) is 0 Å². The van der Waals surface area contributed by atoms with Gasteiger partial charge in [-0.2, -0.15) is 0 Å². The standard InChI is InChI=1S/C10H15NO/c11-10(8-12)7-6-9-4-2-1-3-5-9/h1-5,10,12H,6-8,11H2. The van der Waals surface area contributed by atoms with E-state index in [1.54, 1.807) is 0 Å². The van der Waals surface area contributed by atoms with Gasteiger partial charge in [-0.05, 0) is 18.4 Å². The van der Waals surface area contributed by atoms with E-state index < -0.39 is 0 Å². The van der Waals surface area contributed by atoms with Crippen LogP contribution in [0, 0.1) is 0 Å². The molecular formula is C10H15NO. The molecule has 0 aliphatic rings. The second-order valence-corrected chi connectivity index (χ2v) is 2.97. The molecule has 0 aromatic heterocycles. The minimum atomic E-state index is -0.0785. The van der Waals surface area contributed by atoms with Crippen LogP contribution in [0.4, 0.5) is 0 Å². The van der Waals surface area contributed by atoms with Gasteiger partial charge in [-0.3, -0.25) is 0 Å². The monoisotopic (exact) mass is 165 g/mol. The quantitative estimate of drug-likeness (QED) is 0.697. The van der Waals surface area contributed by atoms with Gasteiger partial charge in [0.1, 0.15) is 0 Å². The van der Waals surface area contributed by atoms with Crippen LogP contribution in [0.15, 0.2) is 30.3 Å². The van der Waals surface area contributed by atoms with Crippen molar-refractivity contribution in [1.82, 2.24) is 0 Å². The third kappa shape index (κ3) is 3.03. The maximum absolute atomic E-state index is 8.69. The van der Waals surface area contributed by atoms with Crippen molar-refractivity contribution in [3.05, 3.63) is 35.9 Å². The van der Waals surface area contributed by atoms with Gasteiger partial charge in [0.15, 0.2) is 0 Å². The van der Waals surface area contributed by atoms with Crippen LogP contribution in [0.2, 0.25) is 0 Å². The predicted octanol–water partition coefficient (Wildman–Crippen LogP) is 0.939. The fraction of sp³-hybridized carbons (Fsp3) is 0.400. The molecule has 1 aromatic rings. The summed E-state index contributed by atoms with van der Waals surface area (Å²) in [5, 5.41) is 8.69. The summed E-state index contributed by atoms with van der Waals surface area (Å²) in [4.78, 5) is 0. The van der Waals surface area contributed by atoms with Crippen molar-refractivity contribution in [1.29, 1.82) is 0 Å². The fourth-order valence-corrected chi connectivity index (χ4v) is 1.09. The molecule has 0 spiro atoms. The minimum absolute atomic E-state index is 0.0762. The van der Waals surface area contributed by atoms with E-state index in [9.17, 15) is 0 Å². The van der Waals surface area contributed by atoms with Crippen LogP contribution in [0.3, 0.4) is 0 Å². The molecular weight excluding hydrogens is 150 g/mol. The molecule has 66 valence electrons. The summed E-state index contributed by atoms with van der Waals surface area (Å²) in [5.74, 6) is 0. The van der Waals surface area contributed by atoms with E-state index >= 15 is 0 Å². The van der Waals surface area contributed by atoms with E-state index in [-0.39, 0.29) is 12.6 Å². The molecule has 0 bridgehead atoms. The van der Waals surface area contributed by atoms with Crippen LogP contribution < -0.4 is 5.73 Å². The Morgan fingerprint density at radius 1 is 1.25 bits per heavy atom. The highest BCUT2D eigenvalue weighted by molar-refractivity contribution is 5.14. The predicted molar refractivity (Wildman–Crippen MR) is 49.8 cm³/mol. The first kappa shape index (κ1) is 9.23. The zero-order valence-corrected chi connectivity index (χ0v) is 7.11. The van der Waals surface area contributed by atoms with Crippen LogP contribution in [0.5, 0.6) is 0 Å². The van der Waals surface area contributed by atoms with Crippen molar-refractivity contribution >= 4 is 0 Å². The molecule has 1 rings (SSSR count). The van der Waals surface area contributed by atoms with Gasteiger partial charge in [-0.25, -0.2) is 0 Å². The molecule has 0 aliphatic heterocycles. The molecule has 1 aromatic carbocycles. The van der Waals surface area contributed by atoms with Crippen molar-refractivity contribution in [3.8, 4) is 0 Å². The zero-order chi connectivity index (χ0) is 8.81. The minimum Gasteiger partial charge on any atom is -0.395 e. The molecule has 2 nitrogen and oxygen atoms in total. The van der Waals surface area contributed by atoms with E-state index in [0.717, 1.165) is 12.8 Å². The van der Waals surface area contributed by atoms with Gasteiger partial charge in [0.25, 0.3) is 0 Å². The number of nitrogens with two attached hydrogens (primary N) is 1. The van der Waals surface area contributed by atoms with E-state index in [2.05, 4.69) is 12.1 Å². The molecule has 0 saturated carbocycles. The Morgan fingerprint density at radius 2 is 1.92 bits per heavy atom. The topological polar surface area (TPSA) is 46.2 Å². The Labute approximate surface area is 73.0 Å². The van der Waals surface area contributed by atoms with Crippen molar-refractivity contribution < 1.29 is 5.11 Å². The van der Waals surface area contributed by atoms with Gasteiger partial charge >= 0.3 is 0 Å². The van der Waals surface area contributed by atoms with Crippen molar-refractivity contribution in [2.45, 2.75) is 18.9 Å². The average molecular weight is 165 g/mol. The molecule has 3 N–H and O–H groups in total. The lowest BCUT2D eigenvalue weighted by Gasteiger charge is -2.06. The lowest BCUT2D eigenvalue weighted by molar-refractivity contribution is 0.260. The SMILES string of the molecule is NC(CO)CCc1ccccc1. The first-order valence-corrected chi connectivity index (χ1v) is 4.23. The molecule has 0 amide bonds. The first-order valence-electron chi connectivity index (χ1n) is 4.23. The van der Waals surface area contributed by atoms with Gasteiger partial charge in [0.05, 0.1) is 6.61 Å². The summed E-state index contributed by atoms with van der Waals surface area (Å²) < 4.78 is 0. The Kier molecular flexibility index (Phi) is 3.77. The van der Waals surface area contributed by atoms with E-state index in [1.807, 2.05) is 18.2 Å². The Hall–Kier alpha value is -0.860. The van der Waals surface area contributed by atoms with Crippen LogP contribution in [-0.4, -0.2) is 17.8 Å². The summed E-state index contributed by atoms with van der Waals surface area (Å²) >= 11 is 0. The highest BCUT2D eigenvalue weighted by Crippen LogP contribution is 2.03. The van der Waals surface area contributed by atoms with Crippen molar-refractivity contribution in [2.24, 2.45) is 5.73 Å². The maximum atomic E-state index is 8.69. The van der Waals surface area contributed by atoms with Gasteiger partial charge in [-0.1, -0.05) is 30.3 Å². The van der Waals surface area contributed by atoms with E-state index in [1.165, 1.54) is 5.56 Å². The smallest absolute Gasteiger partial charge is 0.0582 e. The summed E-state index contributed by atoms with van der Waals surface area (Å²) in [6.45, 7) is 0.0762. The number of aliphatic hydroxyl groups is 1. The maximum Gasteiger partial charge on any atom is 0.0582 e. The highest BCUT2D eigenvalue weighted by Gasteiger charge is 1.99. The highest BCUT2D eigenvalue weighted by atomic mass is 16.3. The third-order valence-corrected chi connectivity index (χ3v) is 1.88. The normalized spacial score (nSPS) is 12.8. The molecule has 1 unspecified atom stereocenters. The van der Waals surface area contributed by atoms with Crippen LogP contribution in [-0.2, 0) is 6.42 Å². The largest absolute Gasteiger partial charge is 0.395 e. The summed E-state index contributed by atoms with van der Waals surface area (Å²) in [5.41, 5.74) is 6.85. The number of aryl methyl sites for hydroxylation is 1. The number of hydrogen-bond acceptors (Lipinski definition) is 2. The molecule has 0 heterocycles. The van der Waals surface area contributed by atoms with Crippen LogP contribution >= 0.6 is 0 Å². The summed E-state index contributed by atoms with van der Waals surface area (Å²) in [7, 11) is 0. The first-order chi connectivity index (χ1) is 5.83. The fourth-order valence-electron chi connectivity index (χ4n) is 1.09. The molecule has 0 aliphatic carbocycles. The number of benzene rings is 1. The lowest BCUT2D eigenvalue weighted by Crippen LogP contribution is -2.24. The molecule has 0 fully saturated rings. The lowest BCUT2D eigenvalue weighted by atomic mass is 10.1. The third-order valence-electron chi connectivity index (χ3n) is 1.88. The number of rotatable bonds is 4. The van der Waals surface area contributed by atoms with Gasteiger partial charge in [0.2, 0.25) is 0 Å². The molecule has 2 heteroatoms. The van der Waals surface area contributed by atoms with Gasteiger partial charge in [0, 0.05) is 6.04 Å². The zero-order valence-electron chi connectivity index (χ0n) is 7.11. The molecule has 12 heavy (non-hydrogen) atoms. The molecule has 0 radical (unpaired) electrons. The van der Waals surface area contributed by atoms with E-state index in [4.69, 9.17) is 10.8 Å². The molecule has 1 atom stereocenters. The average Bonchev–Trinajstić information content (AvgIpc) is 2.16. The summed E-state index contributed by atoms with van der Waals surface area (Å²) in [6, 6.07) is 10.1. The Balaban J connectivity index is 2.33. The van der Waals surface area contributed by atoms with E-state index in [0.29, 0.717) is 0 Å². The Bertz CT molecular complexity index is 210. The second-order valence-electron chi connectivity index (χ2n) is 2.97.